The number of hydrogen-bond donors (Lipinski definition) is 2. The predicted molar refractivity (Wildman–Crippen MR) is 74.2 cm³/mol. The maximum atomic E-state index is 12.0. The Labute approximate surface area is 121 Å². The van der Waals surface area contributed by atoms with Gasteiger partial charge in [0.2, 0.25) is 0 Å². The fourth-order valence-corrected chi connectivity index (χ4v) is 1.70. The van der Waals surface area contributed by atoms with Crippen LogP contribution in [0, 0.1) is 0 Å². The normalized spacial score (nSPS) is 10.2. The molecule has 7 heteroatoms. The number of benzene rings is 1. The molecule has 0 radical (unpaired) electrons. The van der Waals surface area contributed by atoms with Crippen molar-refractivity contribution in [2.75, 3.05) is 20.3 Å². The molecule has 2 aromatic rings. The minimum absolute atomic E-state index is 0.0290. The fraction of sp³-hybridized carbons (Fsp3) is 0.286. The van der Waals surface area contributed by atoms with Gasteiger partial charge in [-0.1, -0.05) is 12.1 Å². The third-order valence-corrected chi connectivity index (χ3v) is 2.70. The van der Waals surface area contributed by atoms with Crippen LogP contribution in [0.15, 0.2) is 30.3 Å². The largest absolute Gasteiger partial charge is 0.493 e. The Kier molecular flexibility index (Phi) is 5.14. The zero-order valence-electron chi connectivity index (χ0n) is 11.6. The van der Waals surface area contributed by atoms with E-state index in [1.54, 1.807) is 25.3 Å². The molecule has 0 unspecified atom stereocenters. The van der Waals surface area contributed by atoms with Gasteiger partial charge < -0.3 is 14.8 Å². The van der Waals surface area contributed by atoms with E-state index < -0.39 is 12.6 Å². The van der Waals surface area contributed by atoms with Gasteiger partial charge in [-0.05, 0) is 18.2 Å². The van der Waals surface area contributed by atoms with Crippen molar-refractivity contribution in [3.63, 3.8) is 0 Å². The van der Waals surface area contributed by atoms with Gasteiger partial charge in [-0.2, -0.15) is 5.10 Å². The molecule has 0 spiro atoms. The highest BCUT2D eigenvalue weighted by Crippen LogP contribution is 2.26. The van der Waals surface area contributed by atoms with Crippen LogP contribution in [0.4, 0.5) is 4.39 Å². The summed E-state index contributed by atoms with van der Waals surface area (Å²) < 4.78 is 22.8. The molecule has 1 aromatic carbocycles. The summed E-state index contributed by atoms with van der Waals surface area (Å²) in [6.07, 6.45) is 0. The number of rotatable bonds is 7. The van der Waals surface area contributed by atoms with Gasteiger partial charge in [-0.25, -0.2) is 4.39 Å². The molecule has 1 aromatic heterocycles. The zero-order chi connectivity index (χ0) is 15.1. The Morgan fingerprint density at radius 1 is 1.38 bits per heavy atom. The molecule has 2 rings (SSSR count). The number of hydrogen-bond acceptors (Lipinski definition) is 4. The third-order valence-electron chi connectivity index (χ3n) is 2.70. The molecule has 0 fully saturated rings. The first-order valence-corrected chi connectivity index (χ1v) is 6.39. The summed E-state index contributed by atoms with van der Waals surface area (Å²) in [6, 6.07) is 8.81. The van der Waals surface area contributed by atoms with E-state index in [0.29, 0.717) is 17.2 Å². The summed E-state index contributed by atoms with van der Waals surface area (Å²) >= 11 is 0. The van der Waals surface area contributed by atoms with Gasteiger partial charge in [-0.15, -0.1) is 0 Å². The standard InChI is InChI=1S/C14H16FN3O3/c1-20-12-4-2-3-5-13(12)21-9-10-8-11(18-17-10)14(19)16-7-6-15/h2-5,8H,6-7,9H2,1H3,(H,16,19)(H,17,18). The molecule has 2 N–H and O–H groups in total. The van der Waals surface area contributed by atoms with Crippen LogP contribution in [-0.2, 0) is 6.61 Å². The van der Waals surface area contributed by atoms with Crippen molar-refractivity contribution >= 4 is 5.91 Å². The van der Waals surface area contributed by atoms with E-state index in [0.717, 1.165) is 0 Å². The van der Waals surface area contributed by atoms with Gasteiger partial charge in [0.05, 0.1) is 12.8 Å². The number of para-hydroxylation sites is 2. The number of aromatic nitrogens is 2. The van der Waals surface area contributed by atoms with Crippen LogP contribution in [0.5, 0.6) is 11.5 Å². The Hall–Kier alpha value is -2.57. The van der Waals surface area contributed by atoms with Gasteiger partial charge in [0, 0.05) is 6.54 Å². The van der Waals surface area contributed by atoms with Crippen LogP contribution in [0.25, 0.3) is 0 Å². The summed E-state index contributed by atoms with van der Waals surface area (Å²) in [7, 11) is 1.56. The number of nitrogens with zero attached hydrogens (tertiary/aromatic N) is 1. The monoisotopic (exact) mass is 293 g/mol. The molecule has 0 saturated carbocycles. The molecule has 112 valence electrons. The minimum atomic E-state index is -0.611. The number of amides is 1. The lowest BCUT2D eigenvalue weighted by atomic mass is 10.3. The molecule has 0 aliphatic rings. The van der Waals surface area contributed by atoms with E-state index >= 15 is 0 Å². The molecule has 0 saturated heterocycles. The number of nitrogens with one attached hydrogen (secondary N) is 2. The molecule has 0 bridgehead atoms. The van der Waals surface area contributed by atoms with Crippen LogP contribution in [0.3, 0.4) is 0 Å². The first kappa shape index (κ1) is 14.8. The molecule has 0 aliphatic heterocycles. The number of alkyl halides is 1. The lowest BCUT2D eigenvalue weighted by Gasteiger charge is -2.08. The lowest BCUT2D eigenvalue weighted by molar-refractivity contribution is 0.0946. The van der Waals surface area contributed by atoms with Crippen molar-refractivity contribution in [3.05, 3.63) is 41.7 Å². The average Bonchev–Trinajstić information content (AvgIpc) is 3.00. The summed E-state index contributed by atoms with van der Waals surface area (Å²) in [5.74, 6) is 0.795. The molecule has 0 atom stereocenters. The van der Waals surface area contributed by atoms with Gasteiger partial charge in [0.1, 0.15) is 19.0 Å². The van der Waals surface area contributed by atoms with Crippen LogP contribution >= 0.6 is 0 Å². The van der Waals surface area contributed by atoms with Crippen molar-refractivity contribution < 1.29 is 18.7 Å². The van der Waals surface area contributed by atoms with Crippen LogP contribution < -0.4 is 14.8 Å². The molecule has 21 heavy (non-hydrogen) atoms. The van der Waals surface area contributed by atoms with Gasteiger partial charge >= 0.3 is 0 Å². The maximum Gasteiger partial charge on any atom is 0.271 e. The summed E-state index contributed by atoms with van der Waals surface area (Å²) in [5.41, 5.74) is 0.827. The molecule has 6 nitrogen and oxygen atoms in total. The minimum Gasteiger partial charge on any atom is -0.493 e. The lowest BCUT2D eigenvalue weighted by Crippen LogP contribution is -2.25. The molecular formula is C14H16FN3O3. The Balaban J connectivity index is 1.95. The van der Waals surface area contributed by atoms with E-state index in [1.807, 2.05) is 12.1 Å². The quantitative estimate of drug-likeness (QED) is 0.814. The number of halogens is 1. The van der Waals surface area contributed by atoms with Crippen LogP contribution in [-0.4, -0.2) is 36.4 Å². The maximum absolute atomic E-state index is 12.0. The molecule has 1 amide bonds. The van der Waals surface area contributed by atoms with Gasteiger partial charge in [0.25, 0.3) is 5.91 Å². The van der Waals surface area contributed by atoms with E-state index in [-0.39, 0.29) is 18.8 Å². The van der Waals surface area contributed by atoms with Crippen molar-refractivity contribution in [1.82, 2.24) is 15.5 Å². The first-order chi connectivity index (χ1) is 10.2. The van der Waals surface area contributed by atoms with E-state index in [4.69, 9.17) is 9.47 Å². The molecular weight excluding hydrogens is 277 g/mol. The van der Waals surface area contributed by atoms with Crippen molar-refractivity contribution in [1.29, 1.82) is 0 Å². The van der Waals surface area contributed by atoms with Crippen molar-refractivity contribution in [2.24, 2.45) is 0 Å². The molecule has 1 heterocycles. The SMILES string of the molecule is COc1ccccc1OCc1cc(C(=O)NCCF)n[nH]1. The Morgan fingerprint density at radius 3 is 2.86 bits per heavy atom. The summed E-state index contributed by atoms with van der Waals surface area (Å²) in [6.45, 7) is -0.428. The predicted octanol–water partition coefficient (Wildman–Crippen LogP) is 1.70. The fourth-order valence-electron chi connectivity index (χ4n) is 1.70. The number of H-pyrrole nitrogens is 1. The topological polar surface area (TPSA) is 76.2 Å². The highest BCUT2D eigenvalue weighted by Gasteiger charge is 2.10. The number of carbonyl (C=O) groups is 1. The van der Waals surface area contributed by atoms with Crippen molar-refractivity contribution in [2.45, 2.75) is 6.61 Å². The van der Waals surface area contributed by atoms with Crippen molar-refractivity contribution in [3.8, 4) is 11.5 Å². The number of methoxy groups -OCH3 is 1. The van der Waals surface area contributed by atoms with Gasteiger partial charge in [0.15, 0.2) is 11.5 Å². The second kappa shape index (κ2) is 7.28. The first-order valence-electron chi connectivity index (χ1n) is 6.39. The van der Waals surface area contributed by atoms with E-state index in [2.05, 4.69) is 15.5 Å². The van der Waals surface area contributed by atoms with Crippen LogP contribution in [0.2, 0.25) is 0 Å². The highest BCUT2D eigenvalue weighted by atomic mass is 19.1. The molecule has 0 aliphatic carbocycles. The number of ether oxygens (including phenoxy) is 2. The van der Waals surface area contributed by atoms with E-state index in [1.165, 1.54) is 0 Å². The number of aromatic amines is 1. The van der Waals surface area contributed by atoms with E-state index in [9.17, 15) is 9.18 Å². The Bertz CT molecular complexity index is 601. The average molecular weight is 293 g/mol. The highest BCUT2D eigenvalue weighted by molar-refractivity contribution is 5.92. The summed E-state index contributed by atoms with van der Waals surface area (Å²) in [5, 5.41) is 8.95. The smallest absolute Gasteiger partial charge is 0.271 e. The number of carbonyl (C=O) groups excluding carboxylic acids is 1. The van der Waals surface area contributed by atoms with Crippen LogP contribution in [0.1, 0.15) is 16.2 Å². The Morgan fingerprint density at radius 2 is 2.14 bits per heavy atom. The third kappa shape index (κ3) is 3.95. The zero-order valence-corrected chi connectivity index (χ0v) is 11.6. The summed E-state index contributed by atoms with van der Waals surface area (Å²) in [4.78, 5) is 11.6. The van der Waals surface area contributed by atoms with Gasteiger partial charge in [-0.3, -0.25) is 9.89 Å². The second-order valence-corrected chi connectivity index (χ2v) is 4.16. The second-order valence-electron chi connectivity index (χ2n) is 4.16.